The third-order valence-corrected chi connectivity index (χ3v) is 1.78. The van der Waals surface area contributed by atoms with Gasteiger partial charge >= 0.3 is 0 Å². The van der Waals surface area contributed by atoms with Crippen molar-refractivity contribution in [2.45, 2.75) is 13.5 Å². The van der Waals surface area contributed by atoms with Crippen LogP contribution >= 0.6 is 0 Å². The number of hydrogen-bond donors (Lipinski definition) is 1. The standard InChI is InChI=1S/C9H12N2O3/c1-2-14-9-5-8(11(12)13)4-3-7(9)6-10/h3-5H,2,6,10H2,1H3. The van der Waals surface area contributed by atoms with Crippen LogP contribution in [-0.4, -0.2) is 11.5 Å². The molecule has 0 radical (unpaired) electrons. The van der Waals surface area contributed by atoms with Crippen LogP contribution in [0.1, 0.15) is 12.5 Å². The molecule has 0 heterocycles. The Morgan fingerprint density at radius 1 is 1.57 bits per heavy atom. The minimum Gasteiger partial charge on any atom is -0.493 e. The molecular formula is C9H12N2O3. The number of benzene rings is 1. The van der Waals surface area contributed by atoms with Crippen LogP contribution < -0.4 is 10.5 Å². The predicted octanol–water partition coefficient (Wildman–Crippen LogP) is 1.45. The number of nitrogens with two attached hydrogens (primary N) is 1. The summed E-state index contributed by atoms with van der Waals surface area (Å²) in [5.41, 5.74) is 6.25. The van der Waals surface area contributed by atoms with Crippen molar-refractivity contribution in [2.24, 2.45) is 5.73 Å². The Labute approximate surface area is 81.6 Å². The Kier molecular flexibility index (Phi) is 3.41. The lowest BCUT2D eigenvalue weighted by Gasteiger charge is -2.07. The van der Waals surface area contributed by atoms with E-state index in [4.69, 9.17) is 10.5 Å². The molecule has 5 nitrogen and oxygen atoms in total. The predicted molar refractivity (Wildman–Crippen MR) is 52.2 cm³/mol. The normalized spacial score (nSPS) is 9.86. The third kappa shape index (κ3) is 2.20. The molecule has 1 aromatic carbocycles. The van der Waals surface area contributed by atoms with E-state index in [-0.39, 0.29) is 5.69 Å². The lowest BCUT2D eigenvalue weighted by atomic mass is 10.2. The molecule has 0 spiro atoms. The summed E-state index contributed by atoms with van der Waals surface area (Å²) in [6.45, 7) is 2.60. The maximum atomic E-state index is 10.5. The zero-order valence-corrected chi connectivity index (χ0v) is 7.90. The van der Waals surface area contributed by atoms with Crippen molar-refractivity contribution in [3.63, 3.8) is 0 Å². The van der Waals surface area contributed by atoms with E-state index in [2.05, 4.69) is 0 Å². The summed E-state index contributed by atoms with van der Waals surface area (Å²) < 4.78 is 5.23. The Bertz CT molecular complexity index is 339. The lowest BCUT2D eigenvalue weighted by Crippen LogP contribution is -2.02. The Balaban J connectivity index is 3.07. The summed E-state index contributed by atoms with van der Waals surface area (Å²) in [5, 5.41) is 10.5. The number of nitro groups is 1. The molecule has 2 N–H and O–H groups in total. The molecule has 76 valence electrons. The molecule has 0 aromatic heterocycles. The van der Waals surface area contributed by atoms with Crippen LogP contribution in [0.3, 0.4) is 0 Å². The largest absolute Gasteiger partial charge is 0.493 e. The van der Waals surface area contributed by atoms with Crippen LogP contribution in [0, 0.1) is 10.1 Å². The fourth-order valence-electron chi connectivity index (χ4n) is 1.12. The van der Waals surface area contributed by atoms with E-state index in [0.717, 1.165) is 5.56 Å². The first-order valence-corrected chi connectivity index (χ1v) is 4.29. The van der Waals surface area contributed by atoms with Crippen molar-refractivity contribution in [3.05, 3.63) is 33.9 Å². The minimum absolute atomic E-state index is 0.0191. The highest BCUT2D eigenvalue weighted by atomic mass is 16.6. The van der Waals surface area contributed by atoms with Gasteiger partial charge in [0.15, 0.2) is 0 Å². The highest BCUT2D eigenvalue weighted by Gasteiger charge is 2.10. The lowest BCUT2D eigenvalue weighted by molar-refractivity contribution is -0.384. The summed E-state index contributed by atoms with van der Waals surface area (Å²) in [6, 6.07) is 4.43. The van der Waals surface area contributed by atoms with Gasteiger partial charge in [0, 0.05) is 18.2 Å². The summed E-state index contributed by atoms with van der Waals surface area (Å²) in [5.74, 6) is 0.490. The maximum Gasteiger partial charge on any atom is 0.273 e. The monoisotopic (exact) mass is 196 g/mol. The molecule has 1 aromatic rings. The fraction of sp³-hybridized carbons (Fsp3) is 0.333. The molecule has 0 aliphatic heterocycles. The second-order valence-electron chi connectivity index (χ2n) is 2.69. The maximum absolute atomic E-state index is 10.5. The Morgan fingerprint density at radius 3 is 2.79 bits per heavy atom. The molecule has 0 atom stereocenters. The van der Waals surface area contributed by atoms with Crippen molar-refractivity contribution < 1.29 is 9.66 Å². The van der Waals surface area contributed by atoms with Gasteiger partial charge in [-0.25, -0.2) is 0 Å². The van der Waals surface area contributed by atoms with Crippen LogP contribution in [0.2, 0.25) is 0 Å². The summed E-state index contributed by atoms with van der Waals surface area (Å²) in [6.07, 6.45) is 0. The van der Waals surface area contributed by atoms with E-state index in [1.54, 1.807) is 6.07 Å². The number of non-ortho nitro benzene ring substituents is 1. The molecule has 0 bridgehead atoms. The molecule has 0 aliphatic carbocycles. The Hall–Kier alpha value is -1.62. The average molecular weight is 196 g/mol. The van der Waals surface area contributed by atoms with Crippen molar-refractivity contribution in [1.29, 1.82) is 0 Å². The smallest absolute Gasteiger partial charge is 0.273 e. The van der Waals surface area contributed by atoms with Gasteiger partial charge in [-0.3, -0.25) is 10.1 Å². The van der Waals surface area contributed by atoms with Crippen LogP contribution in [-0.2, 0) is 6.54 Å². The van der Waals surface area contributed by atoms with Gasteiger partial charge in [0.25, 0.3) is 5.69 Å². The van der Waals surface area contributed by atoms with Crippen LogP contribution in [0.4, 0.5) is 5.69 Å². The number of rotatable bonds is 4. The van der Waals surface area contributed by atoms with Crippen molar-refractivity contribution in [3.8, 4) is 5.75 Å². The summed E-state index contributed by atoms with van der Waals surface area (Å²) >= 11 is 0. The van der Waals surface area contributed by atoms with Gasteiger partial charge in [0.2, 0.25) is 0 Å². The number of ether oxygens (including phenoxy) is 1. The summed E-state index contributed by atoms with van der Waals surface area (Å²) in [4.78, 5) is 10.0. The number of nitro benzene ring substituents is 1. The first-order valence-electron chi connectivity index (χ1n) is 4.29. The van der Waals surface area contributed by atoms with Crippen molar-refractivity contribution in [2.75, 3.05) is 6.61 Å². The van der Waals surface area contributed by atoms with E-state index in [1.165, 1.54) is 12.1 Å². The van der Waals surface area contributed by atoms with E-state index < -0.39 is 4.92 Å². The molecule has 0 fully saturated rings. The molecular weight excluding hydrogens is 184 g/mol. The van der Waals surface area contributed by atoms with Gasteiger partial charge in [0.05, 0.1) is 17.6 Å². The average Bonchev–Trinajstić information content (AvgIpc) is 2.18. The molecule has 0 aliphatic rings. The SMILES string of the molecule is CCOc1cc([N+](=O)[O-])ccc1CN. The van der Waals surface area contributed by atoms with Crippen molar-refractivity contribution in [1.82, 2.24) is 0 Å². The van der Waals surface area contributed by atoms with Gasteiger partial charge in [-0.15, -0.1) is 0 Å². The van der Waals surface area contributed by atoms with Gasteiger partial charge in [-0.1, -0.05) is 0 Å². The summed E-state index contributed by atoms with van der Waals surface area (Å²) in [7, 11) is 0. The second-order valence-corrected chi connectivity index (χ2v) is 2.69. The minimum atomic E-state index is -0.456. The van der Waals surface area contributed by atoms with Crippen LogP contribution in [0.15, 0.2) is 18.2 Å². The first-order chi connectivity index (χ1) is 6.69. The van der Waals surface area contributed by atoms with Crippen LogP contribution in [0.25, 0.3) is 0 Å². The topological polar surface area (TPSA) is 78.4 Å². The molecule has 5 heteroatoms. The molecule has 1 rings (SSSR count). The highest BCUT2D eigenvalue weighted by Crippen LogP contribution is 2.24. The highest BCUT2D eigenvalue weighted by molar-refractivity contribution is 5.44. The number of hydrogen-bond acceptors (Lipinski definition) is 4. The third-order valence-electron chi connectivity index (χ3n) is 1.78. The Morgan fingerprint density at radius 2 is 2.29 bits per heavy atom. The quantitative estimate of drug-likeness (QED) is 0.584. The molecule has 0 saturated carbocycles. The number of nitrogens with zero attached hydrogens (tertiary/aromatic N) is 1. The zero-order chi connectivity index (χ0) is 10.6. The van der Waals surface area contributed by atoms with Crippen molar-refractivity contribution >= 4 is 5.69 Å². The van der Waals surface area contributed by atoms with Crippen LogP contribution in [0.5, 0.6) is 5.75 Å². The molecule has 14 heavy (non-hydrogen) atoms. The second kappa shape index (κ2) is 4.57. The zero-order valence-electron chi connectivity index (χ0n) is 7.90. The van der Waals surface area contributed by atoms with E-state index in [1.807, 2.05) is 6.92 Å². The van der Waals surface area contributed by atoms with E-state index in [9.17, 15) is 10.1 Å². The molecule has 0 amide bonds. The first kappa shape index (κ1) is 10.5. The molecule has 0 saturated heterocycles. The molecule has 0 unspecified atom stereocenters. The van der Waals surface area contributed by atoms with Gasteiger partial charge in [-0.05, 0) is 13.0 Å². The van der Waals surface area contributed by atoms with Gasteiger partial charge in [0.1, 0.15) is 5.75 Å². The van der Waals surface area contributed by atoms with Gasteiger partial charge < -0.3 is 10.5 Å². The van der Waals surface area contributed by atoms with E-state index in [0.29, 0.717) is 18.9 Å². The van der Waals surface area contributed by atoms with Gasteiger partial charge in [-0.2, -0.15) is 0 Å². The van der Waals surface area contributed by atoms with E-state index >= 15 is 0 Å². The fourth-order valence-corrected chi connectivity index (χ4v) is 1.12.